The van der Waals surface area contributed by atoms with Crippen molar-refractivity contribution in [3.63, 3.8) is 0 Å². The molecule has 1 N–H and O–H groups in total. The lowest BCUT2D eigenvalue weighted by Crippen LogP contribution is -2.26. The van der Waals surface area contributed by atoms with E-state index in [0.29, 0.717) is 11.5 Å². The third kappa shape index (κ3) is 7.69. The summed E-state index contributed by atoms with van der Waals surface area (Å²) in [5.41, 5.74) is 7.73. The summed E-state index contributed by atoms with van der Waals surface area (Å²) in [5, 5.41) is 2.75. The molecule has 0 aliphatic heterocycles. The standard InChI is InChI=1S/C32H39NO4/c1-7-24-8-10-26(11-9-24)31-22(4)19-28(20-23(31)5)37-29(18-21(2)3)25-12-14-27(15-13-25)32(35)33-17-16-30(34)36-6/h8-15,19-21,29H,7,16-18H2,1-6H3,(H,33,35). The van der Waals surface area contributed by atoms with Crippen LogP contribution in [-0.2, 0) is 16.0 Å². The van der Waals surface area contributed by atoms with Crippen molar-refractivity contribution in [3.8, 4) is 16.9 Å². The van der Waals surface area contributed by atoms with Crippen molar-refractivity contribution in [3.05, 3.63) is 88.5 Å². The van der Waals surface area contributed by atoms with Crippen LogP contribution in [-0.4, -0.2) is 25.5 Å². The summed E-state index contributed by atoms with van der Waals surface area (Å²) in [4.78, 5) is 23.7. The quantitative estimate of drug-likeness (QED) is 0.288. The Hall–Kier alpha value is -3.60. The van der Waals surface area contributed by atoms with Crippen molar-refractivity contribution >= 4 is 11.9 Å². The molecule has 0 heterocycles. The zero-order chi connectivity index (χ0) is 26.9. The summed E-state index contributed by atoms with van der Waals surface area (Å²) in [7, 11) is 1.33. The molecule has 5 heteroatoms. The van der Waals surface area contributed by atoms with Gasteiger partial charge in [0.1, 0.15) is 11.9 Å². The largest absolute Gasteiger partial charge is 0.486 e. The first-order chi connectivity index (χ1) is 17.7. The molecule has 1 atom stereocenters. The lowest BCUT2D eigenvalue weighted by atomic mass is 9.94. The maximum absolute atomic E-state index is 12.4. The molecule has 0 spiro atoms. The number of aryl methyl sites for hydroxylation is 3. The molecule has 37 heavy (non-hydrogen) atoms. The average molecular weight is 502 g/mol. The lowest BCUT2D eigenvalue weighted by Gasteiger charge is -2.23. The molecule has 0 fully saturated rings. The van der Waals surface area contributed by atoms with E-state index in [1.165, 1.54) is 34.9 Å². The molecule has 0 saturated heterocycles. The Morgan fingerprint density at radius 1 is 0.919 bits per heavy atom. The van der Waals surface area contributed by atoms with Crippen molar-refractivity contribution < 1.29 is 19.1 Å². The molecular weight excluding hydrogens is 462 g/mol. The zero-order valence-electron chi connectivity index (χ0n) is 22.9. The third-order valence-corrected chi connectivity index (χ3v) is 6.51. The molecule has 0 aliphatic carbocycles. The van der Waals surface area contributed by atoms with Crippen molar-refractivity contribution in [2.75, 3.05) is 13.7 Å². The number of methoxy groups -OCH3 is 1. The van der Waals surface area contributed by atoms with Crippen LogP contribution in [0.15, 0.2) is 60.7 Å². The summed E-state index contributed by atoms with van der Waals surface area (Å²) in [5.74, 6) is 0.715. The minimum atomic E-state index is -0.350. The Labute approximate surface area is 221 Å². The summed E-state index contributed by atoms with van der Waals surface area (Å²) in [6, 6.07) is 20.5. The smallest absolute Gasteiger partial charge is 0.307 e. The van der Waals surface area contributed by atoms with Crippen LogP contribution in [0.2, 0.25) is 0 Å². The predicted octanol–water partition coefficient (Wildman–Crippen LogP) is 6.99. The van der Waals surface area contributed by atoms with Gasteiger partial charge in [-0.05, 0) is 90.3 Å². The van der Waals surface area contributed by atoms with E-state index in [1.54, 1.807) is 12.1 Å². The highest BCUT2D eigenvalue weighted by Crippen LogP contribution is 2.34. The molecule has 1 unspecified atom stereocenters. The number of hydrogen-bond acceptors (Lipinski definition) is 4. The number of esters is 1. The van der Waals surface area contributed by atoms with Crippen molar-refractivity contribution in [2.45, 2.75) is 60.0 Å². The molecule has 3 rings (SSSR count). The number of ether oxygens (including phenoxy) is 2. The fraction of sp³-hybridized carbons (Fsp3) is 0.375. The van der Waals surface area contributed by atoms with Gasteiger partial charge in [0.25, 0.3) is 5.91 Å². The monoisotopic (exact) mass is 501 g/mol. The molecule has 0 bridgehead atoms. The second kappa shape index (κ2) is 13.1. The number of rotatable bonds is 11. The van der Waals surface area contributed by atoms with E-state index < -0.39 is 0 Å². The summed E-state index contributed by atoms with van der Waals surface area (Å²) in [6.07, 6.45) is 1.89. The van der Waals surface area contributed by atoms with Gasteiger partial charge < -0.3 is 14.8 Å². The van der Waals surface area contributed by atoms with Crippen LogP contribution in [0.4, 0.5) is 0 Å². The number of hydrogen-bond donors (Lipinski definition) is 1. The van der Waals surface area contributed by atoms with Gasteiger partial charge in [-0.1, -0.05) is 57.2 Å². The highest BCUT2D eigenvalue weighted by Gasteiger charge is 2.18. The first kappa shape index (κ1) is 28.0. The van der Waals surface area contributed by atoms with Gasteiger partial charge in [-0.25, -0.2) is 0 Å². The Balaban J connectivity index is 1.77. The maximum Gasteiger partial charge on any atom is 0.307 e. The molecule has 0 saturated carbocycles. The number of carbonyl (C=O) groups excluding carboxylic acids is 2. The van der Waals surface area contributed by atoms with Crippen LogP contribution < -0.4 is 10.1 Å². The number of amides is 1. The number of carbonyl (C=O) groups is 2. The van der Waals surface area contributed by atoms with Crippen molar-refractivity contribution in [1.82, 2.24) is 5.32 Å². The zero-order valence-corrected chi connectivity index (χ0v) is 22.9. The normalized spacial score (nSPS) is 11.8. The molecule has 0 radical (unpaired) electrons. The van der Waals surface area contributed by atoms with E-state index in [1.807, 2.05) is 12.1 Å². The van der Waals surface area contributed by atoms with Gasteiger partial charge in [0.15, 0.2) is 0 Å². The minimum absolute atomic E-state index is 0.134. The van der Waals surface area contributed by atoms with Gasteiger partial charge >= 0.3 is 5.97 Å². The maximum atomic E-state index is 12.4. The predicted molar refractivity (Wildman–Crippen MR) is 149 cm³/mol. The van der Waals surface area contributed by atoms with Gasteiger partial charge in [0, 0.05) is 12.1 Å². The second-order valence-corrected chi connectivity index (χ2v) is 9.92. The van der Waals surface area contributed by atoms with E-state index in [2.05, 4.69) is 81.1 Å². The van der Waals surface area contributed by atoms with Crippen molar-refractivity contribution in [1.29, 1.82) is 0 Å². The van der Waals surface area contributed by atoms with Crippen molar-refractivity contribution in [2.24, 2.45) is 5.92 Å². The Morgan fingerprint density at radius 2 is 1.54 bits per heavy atom. The summed E-state index contributed by atoms with van der Waals surface area (Å²) in [6.45, 7) is 11.0. The first-order valence-electron chi connectivity index (χ1n) is 13.0. The average Bonchev–Trinajstić information content (AvgIpc) is 2.88. The number of nitrogens with one attached hydrogen (secondary N) is 1. The minimum Gasteiger partial charge on any atom is -0.486 e. The summed E-state index contributed by atoms with van der Waals surface area (Å²) >= 11 is 0. The van der Waals surface area contributed by atoms with Gasteiger partial charge in [-0.2, -0.15) is 0 Å². The first-order valence-corrected chi connectivity index (χ1v) is 13.0. The fourth-order valence-corrected chi connectivity index (χ4v) is 4.53. The van der Waals surface area contributed by atoms with Gasteiger partial charge in [-0.15, -0.1) is 0 Å². The van der Waals surface area contributed by atoms with Crippen LogP contribution in [0.1, 0.15) is 72.3 Å². The Morgan fingerprint density at radius 3 is 2.08 bits per heavy atom. The lowest BCUT2D eigenvalue weighted by molar-refractivity contribution is -0.140. The van der Waals surface area contributed by atoms with E-state index >= 15 is 0 Å². The molecular formula is C32H39NO4. The van der Waals surface area contributed by atoms with E-state index in [4.69, 9.17) is 4.74 Å². The van der Waals surface area contributed by atoms with Crippen LogP contribution >= 0.6 is 0 Å². The van der Waals surface area contributed by atoms with Gasteiger partial charge in [0.2, 0.25) is 0 Å². The van der Waals surface area contributed by atoms with E-state index in [9.17, 15) is 9.59 Å². The molecule has 1 amide bonds. The molecule has 196 valence electrons. The third-order valence-electron chi connectivity index (χ3n) is 6.51. The topological polar surface area (TPSA) is 64.6 Å². The highest BCUT2D eigenvalue weighted by molar-refractivity contribution is 5.94. The molecule has 3 aromatic carbocycles. The molecule has 3 aromatic rings. The molecule has 5 nitrogen and oxygen atoms in total. The molecule has 0 aromatic heterocycles. The molecule has 0 aliphatic rings. The SMILES string of the molecule is CCc1ccc(-c2c(C)cc(OC(CC(C)C)c3ccc(C(=O)NCCC(=O)OC)cc3)cc2C)cc1. The van der Waals surface area contributed by atoms with Crippen LogP contribution in [0.5, 0.6) is 5.75 Å². The van der Waals surface area contributed by atoms with E-state index in [0.717, 1.165) is 24.2 Å². The Kier molecular flexibility index (Phi) is 9.90. The summed E-state index contributed by atoms with van der Waals surface area (Å²) < 4.78 is 11.2. The van der Waals surface area contributed by atoms with Crippen LogP contribution in [0, 0.1) is 19.8 Å². The van der Waals surface area contributed by atoms with Crippen LogP contribution in [0.25, 0.3) is 11.1 Å². The highest BCUT2D eigenvalue weighted by atomic mass is 16.5. The van der Waals surface area contributed by atoms with E-state index in [-0.39, 0.29) is 30.9 Å². The van der Waals surface area contributed by atoms with Gasteiger partial charge in [-0.3, -0.25) is 9.59 Å². The van der Waals surface area contributed by atoms with Gasteiger partial charge in [0.05, 0.1) is 13.5 Å². The second-order valence-electron chi connectivity index (χ2n) is 9.92. The fourth-order valence-electron chi connectivity index (χ4n) is 4.53. The van der Waals surface area contributed by atoms with Crippen LogP contribution in [0.3, 0.4) is 0 Å². The Bertz CT molecular complexity index is 1170. The number of benzene rings is 3.